The molecule has 1 fully saturated rings. The van der Waals surface area contributed by atoms with E-state index in [1.54, 1.807) is 0 Å². The minimum absolute atomic E-state index is 0.0331. The lowest BCUT2D eigenvalue weighted by Gasteiger charge is -2.16. The van der Waals surface area contributed by atoms with Gasteiger partial charge in [0, 0.05) is 6.07 Å². The third kappa shape index (κ3) is 2.88. The zero-order chi connectivity index (χ0) is 14.7. The fourth-order valence-electron chi connectivity index (χ4n) is 1.99. The van der Waals surface area contributed by atoms with Crippen molar-refractivity contribution in [2.75, 3.05) is 20.3 Å². The summed E-state index contributed by atoms with van der Waals surface area (Å²) in [5, 5.41) is 11.4. The maximum absolute atomic E-state index is 13.7. The maximum atomic E-state index is 13.7. The molecule has 1 aromatic carbocycles. The van der Waals surface area contributed by atoms with E-state index in [2.05, 4.69) is 5.32 Å². The van der Waals surface area contributed by atoms with E-state index in [9.17, 15) is 14.0 Å². The van der Waals surface area contributed by atoms with Crippen LogP contribution >= 0.6 is 0 Å². The summed E-state index contributed by atoms with van der Waals surface area (Å²) < 4.78 is 23.6. The van der Waals surface area contributed by atoms with Gasteiger partial charge >= 0.3 is 5.97 Å². The minimum Gasteiger partial charge on any atom is -0.497 e. The molecule has 2 atom stereocenters. The van der Waals surface area contributed by atoms with Crippen molar-refractivity contribution in [3.05, 3.63) is 29.6 Å². The Kier molecular flexibility index (Phi) is 4.19. The van der Waals surface area contributed by atoms with Crippen molar-refractivity contribution in [2.24, 2.45) is 5.92 Å². The molecule has 0 saturated carbocycles. The first-order valence-corrected chi connectivity index (χ1v) is 5.98. The molecule has 0 bridgehead atoms. The fraction of sp³-hybridized carbons (Fsp3) is 0.385. The second kappa shape index (κ2) is 5.87. The number of nitrogens with one attached hydrogen (secondary N) is 1. The second-order valence-corrected chi connectivity index (χ2v) is 4.41. The summed E-state index contributed by atoms with van der Waals surface area (Å²) in [4.78, 5) is 22.9. The van der Waals surface area contributed by atoms with E-state index < -0.39 is 29.7 Å². The van der Waals surface area contributed by atoms with Gasteiger partial charge in [-0.25, -0.2) is 4.39 Å². The van der Waals surface area contributed by atoms with E-state index in [0.29, 0.717) is 5.75 Å². The molecule has 108 valence electrons. The zero-order valence-corrected chi connectivity index (χ0v) is 10.8. The van der Waals surface area contributed by atoms with Gasteiger partial charge in [0.1, 0.15) is 17.5 Å². The maximum Gasteiger partial charge on any atom is 0.311 e. The fourth-order valence-corrected chi connectivity index (χ4v) is 1.99. The van der Waals surface area contributed by atoms with Gasteiger partial charge in [-0.3, -0.25) is 9.59 Å². The van der Waals surface area contributed by atoms with Gasteiger partial charge in [-0.05, 0) is 12.1 Å². The Morgan fingerprint density at radius 2 is 2.20 bits per heavy atom. The molecule has 0 aliphatic carbocycles. The number of rotatable bonds is 4. The molecule has 1 aromatic rings. The Labute approximate surface area is 114 Å². The first kappa shape index (κ1) is 14.3. The average Bonchev–Trinajstić information content (AvgIpc) is 2.86. The average molecular weight is 283 g/mol. The number of hydrogen-bond donors (Lipinski definition) is 2. The highest BCUT2D eigenvalue weighted by Crippen LogP contribution is 2.18. The van der Waals surface area contributed by atoms with E-state index in [4.69, 9.17) is 14.6 Å². The van der Waals surface area contributed by atoms with Gasteiger partial charge in [0.25, 0.3) is 5.91 Å². The molecule has 2 rings (SSSR count). The Bertz CT molecular complexity index is 533. The SMILES string of the molecule is COc1ccc(C(=O)NC2COCC2C(=O)O)c(F)c1. The molecule has 0 spiro atoms. The molecule has 0 aromatic heterocycles. The van der Waals surface area contributed by atoms with Crippen LogP contribution in [-0.2, 0) is 9.53 Å². The van der Waals surface area contributed by atoms with Crippen LogP contribution in [0.15, 0.2) is 18.2 Å². The number of carbonyl (C=O) groups excluding carboxylic acids is 1. The van der Waals surface area contributed by atoms with E-state index in [-0.39, 0.29) is 18.8 Å². The highest BCUT2D eigenvalue weighted by Gasteiger charge is 2.35. The summed E-state index contributed by atoms with van der Waals surface area (Å²) >= 11 is 0. The Hall–Kier alpha value is -2.15. The van der Waals surface area contributed by atoms with Crippen LogP contribution in [0.1, 0.15) is 10.4 Å². The van der Waals surface area contributed by atoms with Crippen LogP contribution in [0, 0.1) is 11.7 Å². The van der Waals surface area contributed by atoms with Crippen LogP contribution in [0.3, 0.4) is 0 Å². The highest BCUT2D eigenvalue weighted by atomic mass is 19.1. The van der Waals surface area contributed by atoms with Crippen molar-refractivity contribution in [1.29, 1.82) is 0 Å². The number of ether oxygens (including phenoxy) is 2. The van der Waals surface area contributed by atoms with E-state index >= 15 is 0 Å². The minimum atomic E-state index is -1.05. The molecule has 1 aliphatic rings. The molecule has 20 heavy (non-hydrogen) atoms. The van der Waals surface area contributed by atoms with Crippen molar-refractivity contribution in [3.8, 4) is 5.75 Å². The predicted octanol–water partition coefficient (Wildman–Crippen LogP) is 0.664. The number of carbonyl (C=O) groups is 2. The Morgan fingerprint density at radius 1 is 1.45 bits per heavy atom. The monoisotopic (exact) mass is 283 g/mol. The molecular weight excluding hydrogens is 269 g/mol. The molecule has 1 heterocycles. The second-order valence-electron chi connectivity index (χ2n) is 4.41. The Morgan fingerprint density at radius 3 is 2.80 bits per heavy atom. The number of aliphatic carboxylic acids is 1. The molecule has 2 unspecified atom stereocenters. The summed E-state index contributed by atoms with van der Waals surface area (Å²) in [5.74, 6) is -2.98. The summed E-state index contributed by atoms with van der Waals surface area (Å²) in [6.45, 7) is 0.131. The number of halogens is 1. The molecule has 6 nitrogen and oxygen atoms in total. The number of carboxylic acids is 1. The lowest BCUT2D eigenvalue weighted by molar-refractivity contribution is -0.142. The molecule has 0 radical (unpaired) electrons. The number of methoxy groups -OCH3 is 1. The first-order chi connectivity index (χ1) is 9.52. The van der Waals surface area contributed by atoms with Gasteiger partial charge < -0.3 is 19.9 Å². The van der Waals surface area contributed by atoms with Gasteiger partial charge in [-0.15, -0.1) is 0 Å². The summed E-state index contributed by atoms with van der Waals surface area (Å²) in [6, 6.07) is 3.17. The summed E-state index contributed by atoms with van der Waals surface area (Å²) in [7, 11) is 1.39. The molecule has 2 N–H and O–H groups in total. The number of hydrogen-bond acceptors (Lipinski definition) is 4. The number of benzene rings is 1. The van der Waals surface area contributed by atoms with Crippen LogP contribution in [0.2, 0.25) is 0 Å². The predicted molar refractivity (Wildman–Crippen MR) is 66.2 cm³/mol. The lowest BCUT2D eigenvalue weighted by atomic mass is 10.0. The van der Waals surface area contributed by atoms with Gasteiger partial charge in [0.2, 0.25) is 0 Å². The molecule has 1 aliphatic heterocycles. The first-order valence-electron chi connectivity index (χ1n) is 5.98. The largest absolute Gasteiger partial charge is 0.497 e. The molecular formula is C13H14FNO5. The third-order valence-electron chi connectivity index (χ3n) is 3.14. The van der Waals surface area contributed by atoms with Crippen LogP contribution in [0.4, 0.5) is 4.39 Å². The standard InChI is InChI=1S/C13H14FNO5/c1-19-7-2-3-8(10(14)4-7)12(16)15-11-6-20-5-9(11)13(17)18/h2-4,9,11H,5-6H2,1H3,(H,15,16)(H,17,18). The van der Waals surface area contributed by atoms with Crippen molar-refractivity contribution in [3.63, 3.8) is 0 Å². The van der Waals surface area contributed by atoms with Crippen LogP contribution < -0.4 is 10.1 Å². The Balaban J connectivity index is 2.10. The van der Waals surface area contributed by atoms with Gasteiger partial charge in [0.05, 0.1) is 31.9 Å². The quantitative estimate of drug-likeness (QED) is 0.848. The lowest BCUT2D eigenvalue weighted by Crippen LogP contribution is -2.42. The van der Waals surface area contributed by atoms with Crippen molar-refractivity contribution in [2.45, 2.75) is 6.04 Å². The van der Waals surface area contributed by atoms with Crippen LogP contribution in [0.25, 0.3) is 0 Å². The molecule has 7 heteroatoms. The topological polar surface area (TPSA) is 84.9 Å². The zero-order valence-electron chi connectivity index (χ0n) is 10.8. The normalized spacial score (nSPS) is 21.5. The van der Waals surface area contributed by atoms with Gasteiger partial charge in [-0.1, -0.05) is 0 Å². The van der Waals surface area contributed by atoms with E-state index in [0.717, 1.165) is 6.07 Å². The molecule has 1 amide bonds. The summed E-state index contributed by atoms with van der Waals surface area (Å²) in [5.41, 5.74) is -0.165. The van der Waals surface area contributed by atoms with Crippen LogP contribution in [0.5, 0.6) is 5.75 Å². The van der Waals surface area contributed by atoms with Crippen molar-refractivity contribution < 1.29 is 28.6 Å². The van der Waals surface area contributed by atoms with Crippen LogP contribution in [-0.4, -0.2) is 43.3 Å². The highest BCUT2D eigenvalue weighted by molar-refractivity contribution is 5.95. The third-order valence-corrected chi connectivity index (χ3v) is 3.14. The van der Waals surface area contributed by atoms with Gasteiger partial charge in [-0.2, -0.15) is 0 Å². The van der Waals surface area contributed by atoms with E-state index in [1.165, 1.54) is 19.2 Å². The van der Waals surface area contributed by atoms with Gasteiger partial charge in [0.15, 0.2) is 0 Å². The van der Waals surface area contributed by atoms with E-state index in [1.807, 2.05) is 0 Å². The number of amides is 1. The van der Waals surface area contributed by atoms with Crippen molar-refractivity contribution in [1.82, 2.24) is 5.32 Å². The number of carboxylic acid groups (broad SMARTS) is 1. The molecule has 1 saturated heterocycles. The smallest absolute Gasteiger partial charge is 0.311 e. The van der Waals surface area contributed by atoms with Crippen molar-refractivity contribution >= 4 is 11.9 Å². The summed E-state index contributed by atoms with van der Waals surface area (Å²) in [6.07, 6.45) is 0.